The van der Waals surface area contributed by atoms with Gasteiger partial charge in [0.2, 0.25) is 0 Å². The van der Waals surface area contributed by atoms with Crippen molar-refractivity contribution in [3.05, 3.63) is 35.9 Å². The van der Waals surface area contributed by atoms with Crippen LogP contribution in [0, 0.1) is 0 Å². The Balaban J connectivity index is 2.07. The lowest BCUT2D eigenvalue weighted by molar-refractivity contribution is 0.0996. The van der Waals surface area contributed by atoms with E-state index >= 15 is 0 Å². The third-order valence-electron chi connectivity index (χ3n) is 2.11. The van der Waals surface area contributed by atoms with Gasteiger partial charge in [-0.3, -0.25) is 0 Å². The maximum atomic E-state index is 13.0. The maximum Gasteiger partial charge on any atom is 0.115 e. The van der Waals surface area contributed by atoms with Crippen molar-refractivity contribution in [2.75, 3.05) is 20.2 Å². The predicted octanol–water partition coefficient (Wildman–Crippen LogP) is 2.15. The molecule has 3 heteroatoms. The molecule has 1 rings (SSSR count). The molecule has 84 valence electrons. The third kappa shape index (κ3) is 5.50. The average Bonchev–Trinajstić information content (AvgIpc) is 2.26. The fraction of sp³-hybridized carbons (Fsp3) is 0.500. The molecule has 0 heterocycles. The lowest BCUT2D eigenvalue weighted by atomic mass is 10.2. The highest BCUT2D eigenvalue weighted by Gasteiger charge is 2.03. The molecule has 0 amide bonds. The van der Waals surface area contributed by atoms with Crippen LogP contribution in [-0.4, -0.2) is 26.4 Å². The molecule has 1 N–H and O–H groups in total. The molecule has 0 fully saturated rings. The van der Waals surface area contributed by atoms with E-state index < -0.39 is 6.17 Å². The first kappa shape index (κ1) is 12.1. The summed E-state index contributed by atoms with van der Waals surface area (Å²) in [7, 11) is 1.75. The van der Waals surface area contributed by atoms with Gasteiger partial charge in [0, 0.05) is 19.6 Å². The van der Waals surface area contributed by atoms with Crippen molar-refractivity contribution in [1.29, 1.82) is 0 Å². The molecule has 0 aliphatic heterocycles. The van der Waals surface area contributed by atoms with Crippen LogP contribution in [0.15, 0.2) is 30.3 Å². The van der Waals surface area contributed by atoms with E-state index in [0.29, 0.717) is 26.2 Å². The van der Waals surface area contributed by atoms with Gasteiger partial charge in [-0.25, -0.2) is 4.39 Å². The molecule has 0 aliphatic carbocycles. The molecule has 0 aromatic heterocycles. The minimum atomic E-state index is -0.814. The first-order chi connectivity index (χ1) is 7.33. The standard InChI is InChI=1S/C12H18FNO/c1-14-9-12(13)7-8-15-10-11-5-3-2-4-6-11/h2-6,12,14H,7-10H2,1H3/t12-/m0/s1. The highest BCUT2D eigenvalue weighted by molar-refractivity contribution is 5.13. The molecule has 0 radical (unpaired) electrons. The Hall–Kier alpha value is -0.930. The topological polar surface area (TPSA) is 21.3 Å². The number of rotatable bonds is 7. The van der Waals surface area contributed by atoms with E-state index in [1.54, 1.807) is 7.05 Å². The number of nitrogens with one attached hydrogen (secondary N) is 1. The van der Waals surface area contributed by atoms with Crippen LogP contribution >= 0.6 is 0 Å². The van der Waals surface area contributed by atoms with Gasteiger partial charge in [0.15, 0.2) is 0 Å². The lowest BCUT2D eigenvalue weighted by Gasteiger charge is -2.08. The fourth-order valence-electron chi connectivity index (χ4n) is 1.30. The van der Waals surface area contributed by atoms with Crippen molar-refractivity contribution in [2.24, 2.45) is 0 Å². The molecule has 2 nitrogen and oxygen atoms in total. The minimum absolute atomic E-state index is 0.398. The van der Waals surface area contributed by atoms with Crippen LogP contribution in [-0.2, 0) is 11.3 Å². The second-order valence-electron chi connectivity index (χ2n) is 3.48. The van der Waals surface area contributed by atoms with Crippen molar-refractivity contribution in [1.82, 2.24) is 5.32 Å². The van der Waals surface area contributed by atoms with Gasteiger partial charge in [0.1, 0.15) is 6.17 Å². The Morgan fingerprint density at radius 2 is 2.07 bits per heavy atom. The molecule has 15 heavy (non-hydrogen) atoms. The Morgan fingerprint density at radius 3 is 2.73 bits per heavy atom. The van der Waals surface area contributed by atoms with Gasteiger partial charge in [-0.15, -0.1) is 0 Å². The fourth-order valence-corrected chi connectivity index (χ4v) is 1.30. The van der Waals surface area contributed by atoms with Crippen LogP contribution in [0.5, 0.6) is 0 Å². The molecule has 1 atom stereocenters. The van der Waals surface area contributed by atoms with Crippen LogP contribution in [0.1, 0.15) is 12.0 Å². The smallest absolute Gasteiger partial charge is 0.115 e. The molecule has 0 unspecified atom stereocenters. The van der Waals surface area contributed by atoms with Crippen LogP contribution in [0.2, 0.25) is 0 Å². The second kappa shape index (κ2) is 7.37. The minimum Gasteiger partial charge on any atom is -0.377 e. The number of ether oxygens (including phenoxy) is 1. The third-order valence-corrected chi connectivity index (χ3v) is 2.11. The van der Waals surface area contributed by atoms with Gasteiger partial charge in [-0.2, -0.15) is 0 Å². The summed E-state index contributed by atoms with van der Waals surface area (Å²) in [6.45, 7) is 1.43. The average molecular weight is 211 g/mol. The van der Waals surface area contributed by atoms with E-state index in [9.17, 15) is 4.39 Å². The van der Waals surface area contributed by atoms with Crippen LogP contribution in [0.3, 0.4) is 0 Å². The zero-order valence-corrected chi connectivity index (χ0v) is 9.08. The van der Waals surface area contributed by atoms with Gasteiger partial charge < -0.3 is 10.1 Å². The van der Waals surface area contributed by atoms with E-state index in [4.69, 9.17) is 4.74 Å². The Bertz CT molecular complexity index is 253. The summed E-state index contributed by atoms with van der Waals surface area (Å²) < 4.78 is 18.4. The van der Waals surface area contributed by atoms with E-state index in [1.807, 2.05) is 30.3 Å². The van der Waals surface area contributed by atoms with Crippen LogP contribution in [0.25, 0.3) is 0 Å². The molecule has 1 aromatic rings. The van der Waals surface area contributed by atoms with Gasteiger partial charge in [-0.1, -0.05) is 30.3 Å². The van der Waals surface area contributed by atoms with Gasteiger partial charge >= 0.3 is 0 Å². The Morgan fingerprint density at radius 1 is 1.33 bits per heavy atom. The summed E-state index contributed by atoms with van der Waals surface area (Å²) in [5, 5.41) is 2.80. The number of halogens is 1. The summed E-state index contributed by atoms with van der Waals surface area (Å²) in [4.78, 5) is 0. The van der Waals surface area contributed by atoms with Crippen LogP contribution in [0.4, 0.5) is 4.39 Å². The second-order valence-corrected chi connectivity index (χ2v) is 3.48. The van der Waals surface area contributed by atoms with E-state index in [1.165, 1.54) is 0 Å². The SMILES string of the molecule is CNC[C@@H](F)CCOCc1ccccc1. The summed E-state index contributed by atoms with van der Waals surface area (Å²) >= 11 is 0. The Labute approximate surface area is 90.4 Å². The number of hydrogen-bond donors (Lipinski definition) is 1. The number of hydrogen-bond acceptors (Lipinski definition) is 2. The zero-order chi connectivity index (χ0) is 10.9. The van der Waals surface area contributed by atoms with Crippen LogP contribution < -0.4 is 5.32 Å². The number of benzene rings is 1. The zero-order valence-electron chi connectivity index (χ0n) is 9.08. The van der Waals surface area contributed by atoms with Crippen molar-refractivity contribution in [3.8, 4) is 0 Å². The molecular formula is C12H18FNO. The van der Waals surface area contributed by atoms with E-state index in [2.05, 4.69) is 5.32 Å². The van der Waals surface area contributed by atoms with Gasteiger partial charge in [0.25, 0.3) is 0 Å². The van der Waals surface area contributed by atoms with E-state index in [-0.39, 0.29) is 0 Å². The molecule has 1 aromatic carbocycles. The summed E-state index contributed by atoms with van der Waals surface area (Å²) in [6.07, 6.45) is -0.362. The van der Waals surface area contributed by atoms with E-state index in [0.717, 1.165) is 5.56 Å². The van der Waals surface area contributed by atoms with Crippen molar-refractivity contribution in [2.45, 2.75) is 19.2 Å². The summed E-state index contributed by atoms with van der Waals surface area (Å²) in [6, 6.07) is 9.91. The molecule has 0 aliphatic rings. The molecule has 0 spiro atoms. The molecule has 0 saturated heterocycles. The first-order valence-corrected chi connectivity index (χ1v) is 5.23. The normalized spacial score (nSPS) is 12.7. The molecule has 0 saturated carbocycles. The molecule has 0 bridgehead atoms. The van der Waals surface area contributed by atoms with Crippen molar-refractivity contribution in [3.63, 3.8) is 0 Å². The highest BCUT2D eigenvalue weighted by atomic mass is 19.1. The Kier molecular flexibility index (Phi) is 5.97. The monoisotopic (exact) mass is 211 g/mol. The van der Waals surface area contributed by atoms with Gasteiger partial charge in [-0.05, 0) is 12.6 Å². The molecular weight excluding hydrogens is 193 g/mol. The first-order valence-electron chi connectivity index (χ1n) is 5.23. The summed E-state index contributed by atoms with van der Waals surface area (Å²) in [5.74, 6) is 0. The largest absolute Gasteiger partial charge is 0.377 e. The van der Waals surface area contributed by atoms with Gasteiger partial charge in [0.05, 0.1) is 6.61 Å². The maximum absolute atomic E-state index is 13.0. The highest BCUT2D eigenvalue weighted by Crippen LogP contribution is 2.02. The van der Waals surface area contributed by atoms with Crippen molar-refractivity contribution >= 4 is 0 Å². The van der Waals surface area contributed by atoms with Crippen molar-refractivity contribution < 1.29 is 9.13 Å². The predicted molar refractivity (Wildman–Crippen MR) is 59.5 cm³/mol. The quantitative estimate of drug-likeness (QED) is 0.698. The lowest BCUT2D eigenvalue weighted by Crippen LogP contribution is -2.21. The number of alkyl halides is 1. The summed E-state index contributed by atoms with van der Waals surface area (Å²) in [5.41, 5.74) is 1.13.